The van der Waals surface area contributed by atoms with Crippen molar-refractivity contribution in [2.45, 2.75) is 25.4 Å². The number of nitriles is 1. The zero-order chi connectivity index (χ0) is 13.5. The third kappa shape index (κ3) is 3.39. The van der Waals surface area contributed by atoms with Crippen LogP contribution in [0.4, 0.5) is 0 Å². The van der Waals surface area contributed by atoms with Gasteiger partial charge in [0.25, 0.3) is 0 Å². The van der Waals surface area contributed by atoms with Crippen molar-refractivity contribution in [1.29, 1.82) is 5.26 Å². The highest BCUT2D eigenvalue weighted by molar-refractivity contribution is 5.22. The number of benzene rings is 1. The predicted molar refractivity (Wildman–Crippen MR) is 68.1 cm³/mol. The number of methoxy groups -OCH3 is 1. The molecule has 19 heavy (non-hydrogen) atoms. The first-order chi connectivity index (χ1) is 9.35. The van der Waals surface area contributed by atoms with Crippen LogP contribution in [0.1, 0.15) is 36.2 Å². The first-order valence-electron chi connectivity index (χ1n) is 6.12. The molecule has 0 aliphatic carbocycles. The fourth-order valence-corrected chi connectivity index (χ4v) is 1.81. The Morgan fingerprint density at radius 3 is 2.84 bits per heavy atom. The van der Waals surface area contributed by atoms with E-state index in [1.54, 1.807) is 7.11 Å². The number of aromatic nitrogens is 2. The van der Waals surface area contributed by atoms with Gasteiger partial charge in [-0.3, -0.25) is 0 Å². The zero-order valence-corrected chi connectivity index (χ0v) is 10.7. The van der Waals surface area contributed by atoms with Crippen LogP contribution < -0.4 is 0 Å². The van der Waals surface area contributed by atoms with Crippen LogP contribution in [0, 0.1) is 11.3 Å². The second-order valence-electron chi connectivity index (χ2n) is 4.08. The molecular formula is C14H15N3O2. The lowest BCUT2D eigenvalue weighted by atomic mass is 10.1. The molecule has 0 aliphatic rings. The van der Waals surface area contributed by atoms with Gasteiger partial charge in [-0.25, -0.2) is 0 Å². The van der Waals surface area contributed by atoms with Crippen LogP contribution in [0.5, 0.6) is 0 Å². The standard InChI is InChI=1S/C14H15N3O2/c1-18-13(11-7-3-2-4-8-11)14-16-12(19-17-14)9-5-6-10-15/h2-4,7-8,13H,5-6,9H2,1H3. The predicted octanol–water partition coefficient (Wildman–Crippen LogP) is 2.65. The number of unbranched alkanes of at least 4 members (excludes halogenated alkanes) is 1. The minimum atomic E-state index is -0.324. The van der Waals surface area contributed by atoms with Gasteiger partial charge in [-0.2, -0.15) is 10.2 Å². The van der Waals surface area contributed by atoms with Crippen molar-refractivity contribution >= 4 is 0 Å². The van der Waals surface area contributed by atoms with Gasteiger partial charge >= 0.3 is 0 Å². The van der Waals surface area contributed by atoms with Crippen LogP contribution in [0.15, 0.2) is 34.9 Å². The maximum absolute atomic E-state index is 8.49. The van der Waals surface area contributed by atoms with Crippen LogP contribution in [0.2, 0.25) is 0 Å². The van der Waals surface area contributed by atoms with E-state index >= 15 is 0 Å². The number of hydrogen-bond donors (Lipinski definition) is 0. The molecular weight excluding hydrogens is 242 g/mol. The Labute approximate surface area is 111 Å². The molecule has 0 spiro atoms. The third-order valence-electron chi connectivity index (χ3n) is 2.74. The molecule has 1 aromatic heterocycles. The summed E-state index contributed by atoms with van der Waals surface area (Å²) in [6.45, 7) is 0. The lowest BCUT2D eigenvalue weighted by molar-refractivity contribution is 0.126. The van der Waals surface area contributed by atoms with E-state index in [0.29, 0.717) is 24.6 Å². The third-order valence-corrected chi connectivity index (χ3v) is 2.74. The zero-order valence-electron chi connectivity index (χ0n) is 10.7. The summed E-state index contributed by atoms with van der Waals surface area (Å²) in [7, 11) is 1.61. The van der Waals surface area contributed by atoms with Crippen molar-refractivity contribution < 1.29 is 9.26 Å². The Hall–Kier alpha value is -2.19. The van der Waals surface area contributed by atoms with E-state index < -0.39 is 0 Å². The van der Waals surface area contributed by atoms with Gasteiger partial charge in [0.15, 0.2) is 0 Å². The minimum Gasteiger partial charge on any atom is -0.369 e. The first kappa shape index (κ1) is 13.2. The largest absolute Gasteiger partial charge is 0.369 e. The molecule has 0 fully saturated rings. The normalized spacial score (nSPS) is 12.0. The molecule has 5 heteroatoms. The van der Waals surface area contributed by atoms with E-state index in [2.05, 4.69) is 16.2 Å². The van der Waals surface area contributed by atoms with Gasteiger partial charge in [0.2, 0.25) is 11.7 Å². The van der Waals surface area contributed by atoms with Gasteiger partial charge in [-0.15, -0.1) is 0 Å². The molecule has 5 nitrogen and oxygen atoms in total. The molecule has 0 bridgehead atoms. The minimum absolute atomic E-state index is 0.324. The fraction of sp³-hybridized carbons (Fsp3) is 0.357. The smallest absolute Gasteiger partial charge is 0.226 e. The number of rotatable bonds is 6. The van der Waals surface area contributed by atoms with E-state index in [4.69, 9.17) is 14.5 Å². The molecule has 1 heterocycles. The molecule has 0 radical (unpaired) electrons. The number of aryl methyl sites for hydroxylation is 1. The second-order valence-corrected chi connectivity index (χ2v) is 4.08. The summed E-state index contributed by atoms with van der Waals surface area (Å²) in [5.74, 6) is 1.06. The van der Waals surface area contributed by atoms with E-state index in [-0.39, 0.29) is 6.10 Å². The highest BCUT2D eigenvalue weighted by Crippen LogP contribution is 2.22. The number of nitrogens with zero attached hydrogens (tertiary/aromatic N) is 3. The van der Waals surface area contributed by atoms with Crippen molar-refractivity contribution in [3.8, 4) is 6.07 Å². The molecule has 1 unspecified atom stereocenters. The average Bonchev–Trinajstić information content (AvgIpc) is 2.90. The molecule has 1 aromatic carbocycles. The lowest BCUT2D eigenvalue weighted by Gasteiger charge is -2.10. The van der Waals surface area contributed by atoms with Crippen LogP contribution in [0.3, 0.4) is 0 Å². The van der Waals surface area contributed by atoms with Crippen LogP contribution in [-0.4, -0.2) is 17.3 Å². The van der Waals surface area contributed by atoms with Crippen LogP contribution in [0.25, 0.3) is 0 Å². The van der Waals surface area contributed by atoms with E-state index in [0.717, 1.165) is 12.0 Å². The van der Waals surface area contributed by atoms with Gasteiger partial charge < -0.3 is 9.26 Å². The average molecular weight is 257 g/mol. The summed E-state index contributed by atoms with van der Waals surface area (Å²) in [6, 6.07) is 11.8. The van der Waals surface area contributed by atoms with Gasteiger partial charge in [0.05, 0.1) is 6.07 Å². The van der Waals surface area contributed by atoms with Gasteiger partial charge in [-0.1, -0.05) is 35.5 Å². The summed E-state index contributed by atoms with van der Waals surface area (Å²) >= 11 is 0. The summed E-state index contributed by atoms with van der Waals surface area (Å²) in [5, 5.41) is 12.4. The highest BCUT2D eigenvalue weighted by Gasteiger charge is 2.19. The van der Waals surface area contributed by atoms with Gasteiger partial charge in [0.1, 0.15) is 6.10 Å². The molecule has 0 N–H and O–H groups in total. The first-order valence-corrected chi connectivity index (χ1v) is 6.12. The Kier molecular flexibility index (Phi) is 4.65. The molecule has 0 amide bonds. The maximum atomic E-state index is 8.49. The van der Waals surface area contributed by atoms with Gasteiger partial charge in [-0.05, 0) is 12.0 Å². The Bertz CT molecular complexity index is 545. The molecule has 2 aromatic rings. The molecule has 0 saturated heterocycles. The molecule has 0 aliphatic heterocycles. The molecule has 2 rings (SSSR count). The SMILES string of the molecule is COC(c1ccccc1)c1noc(CCCC#N)n1. The maximum Gasteiger partial charge on any atom is 0.226 e. The van der Waals surface area contributed by atoms with Crippen LogP contribution >= 0.6 is 0 Å². The van der Waals surface area contributed by atoms with Gasteiger partial charge in [0, 0.05) is 20.0 Å². The summed E-state index contributed by atoms with van der Waals surface area (Å²) in [5.41, 5.74) is 0.981. The Morgan fingerprint density at radius 2 is 2.16 bits per heavy atom. The fourth-order valence-electron chi connectivity index (χ4n) is 1.81. The quantitative estimate of drug-likeness (QED) is 0.744. The monoisotopic (exact) mass is 257 g/mol. The topological polar surface area (TPSA) is 71.9 Å². The highest BCUT2D eigenvalue weighted by atomic mass is 16.5. The van der Waals surface area contributed by atoms with Crippen LogP contribution in [-0.2, 0) is 11.2 Å². The lowest BCUT2D eigenvalue weighted by Crippen LogP contribution is -2.05. The van der Waals surface area contributed by atoms with E-state index in [9.17, 15) is 0 Å². The summed E-state index contributed by atoms with van der Waals surface area (Å²) in [4.78, 5) is 4.32. The van der Waals surface area contributed by atoms with E-state index in [1.165, 1.54) is 0 Å². The molecule has 98 valence electrons. The van der Waals surface area contributed by atoms with E-state index in [1.807, 2.05) is 30.3 Å². The molecule has 0 saturated carbocycles. The Morgan fingerprint density at radius 1 is 1.37 bits per heavy atom. The van der Waals surface area contributed by atoms with Crippen molar-refractivity contribution in [3.05, 3.63) is 47.6 Å². The van der Waals surface area contributed by atoms with Crippen molar-refractivity contribution in [2.75, 3.05) is 7.11 Å². The van der Waals surface area contributed by atoms with Crippen molar-refractivity contribution in [2.24, 2.45) is 0 Å². The van der Waals surface area contributed by atoms with Crippen molar-refractivity contribution in [1.82, 2.24) is 10.1 Å². The van der Waals surface area contributed by atoms with Crippen molar-refractivity contribution in [3.63, 3.8) is 0 Å². The molecule has 1 atom stereocenters. The Balaban J connectivity index is 2.10. The number of hydrogen-bond acceptors (Lipinski definition) is 5. The summed E-state index contributed by atoms with van der Waals surface area (Å²) in [6.07, 6.45) is 1.51. The summed E-state index contributed by atoms with van der Waals surface area (Å²) < 4.78 is 10.6. The number of ether oxygens (including phenoxy) is 1. The second kappa shape index (κ2) is 6.66.